The van der Waals surface area contributed by atoms with Gasteiger partial charge in [-0.25, -0.2) is 13.2 Å². The Morgan fingerprint density at radius 2 is 1.91 bits per heavy atom. The normalized spacial score (nSPS) is 17.6. The molecular formula is C23H22ClN3O5S. The molecule has 10 heteroatoms. The van der Waals surface area contributed by atoms with Gasteiger partial charge < -0.3 is 14.8 Å². The largest absolute Gasteiger partial charge is 0.421 e. The Bertz CT molecular complexity index is 1660. The van der Waals surface area contributed by atoms with Crippen molar-refractivity contribution in [2.75, 3.05) is 0 Å². The van der Waals surface area contributed by atoms with Gasteiger partial charge in [0.25, 0.3) is 5.56 Å². The number of halogens is 1. The number of nitrogens with zero attached hydrogens (tertiary/aromatic N) is 2. The fourth-order valence-electron chi connectivity index (χ4n) is 4.49. The van der Waals surface area contributed by atoms with Crippen LogP contribution in [-0.4, -0.2) is 27.9 Å². The highest BCUT2D eigenvalue weighted by molar-refractivity contribution is 7.91. The average Bonchev–Trinajstić information content (AvgIpc) is 3.18. The minimum atomic E-state index is -4.12. The number of benzene rings is 2. The summed E-state index contributed by atoms with van der Waals surface area (Å²) in [5, 5.41) is 10.2. The molecule has 0 aliphatic heterocycles. The van der Waals surface area contributed by atoms with Crippen molar-refractivity contribution in [1.29, 1.82) is 0 Å². The lowest BCUT2D eigenvalue weighted by Gasteiger charge is -2.11. The first-order valence-electron chi connectivity index (χ1n) is 10.5. The fraction of sp³-hybridized carbons (Fsp3) is 0.304. The predicted molar refractivity (Wildman–Crippen MR) is 125 cm³/mol. The summed E-state index contributed by atoms with van der Waals surface area (Å²) in [7, 11) is -4.12. The van der Waals surface area contributed by atoms with Gasteiger partial charge in [0.1, 0.15) is 0 Å². The molecule has 0 saturated heterocycles. The van der Waals surface area contributed by atoms with Crippen LogP contribution in [0.1, 0.15) is 26.7 Å². The van der Waals surface area contributed by atoms with Crippen LogP contribution in [0, 0.1) is 11.3 Å². The van der Waals surface area contributed by atoms with E-state index in [1.807, 2.05) is 12.3 Å². The smallest absolute Gasteiger partial charge is 0.362 e. The van der Waals surface area contributed by atoms with Gasteiger partial charge in [0.15, 0.2) is 0 Å². The molecule has 1 atom stereocenters. The molecule has 0 radical (unpaired) electrons. The molecule has 5 rings (SSSR count). The third kappa shape index (κ3) is 3.46. The van der Waals surface area contributed by atoms with Crippen LogP contribution in [0.15, 0.2) is 62.0 Å². The number of H-pyrrole nitrogens is 1. The number of aromatic nitrogens is 3. The van der Waals surface area contributed by atoms with E-state index in [4.69, 9.17) is 11.6 Å². The molecule has 0 bridgehead atoms. The first-order valence-corrected chi connectivity index (χ1v) is 12.4. The summed E-state index contributed by atoms with van der Waals surface area (Å²) in [6.07, 6.45) is 4.17. The molecule has 0 amide bonds. The number of aromatic amines is 1. The summed E-state index contributed by atoms with van der Waals surface area (Å²) in [4.78, 5) is 26.3. The van der Waals surface area contributed by atoms with Crippen LogP contribution in [0.25, 0.3) is 21.8 Å². The van der Waals surface area contributed by atoms with Crippen molar-refractivity contribution >= 4 is 43.2 Å². The van der Waals surface area contributed by atoms with E-state index < -0.39 is 21.1 Å². The Kier molecular flexibility index (Phi) is 4.77. The number of nitrogens with one attached hydrogen (secondary N) is 1. The van der Waals surface area contributed by atoms with Crippen molar-refractivity contribution < 1.29 is 13.6 Å². The molecule has 2 N–H and O–H groups in total. The Morgan fingerprint density at radius 3 is 2.61 bits per heavy atom. The summed E-state index contributed by atoms with van der Waals surface area (Å²) in [6.45, 7) is 5.29. The molecule has 0 spiro atoms. The van der Waals surface area contributed by atoms with Gasteiger partial charge in [0.05, 0.1) is 25.7 Å². The third-order valence-corrected chi connectivity index (χ3v) is 8.84. The van der Waals surface area contributed by atoms with Crippen molar-refractivity contribution in [2.24, 2.45) is 11.3 Å². The Balaban J connectivity index is 1.62. The van der Waals surface area contributed by atoms with E-state index in [1.54, 1.807) is 12.1 Å². The van der Waals surface area contributed by atoms with Crippen molar-refractivity contribution in [1.82, 2.24) is 14.3 Å². The summed E-state index contributed by atoms with van der Waals surface area (Å²) in [5.41, 5.74) is -1.33. The molecule has 33 heavy (non-hydrogen) atoms. The summed E-state index contributed by atoms with van der Waals surface area (Å²) < 4.78 is 29.0. The summed E-state index contributed by atoms with van der Waals surface area (Å²) in [5.74, 6) is 0.662. The highest BCUT2D eigenvalue weighted by atomic mass is 35.5. The zero-order valence-corrected chi connectivity index (χ0v) is 19.6. The Morgan fingerprint density at radius 1 is 1.18 bits per heavy atom. The van der Waals surface area contributed by atoms with Crippen LogP contribution >= 0.6 is 11.6 Å². The lowest BCUT2D eigenvalue weighted by atomic mass is 10.1. The number of hydrogen-bond acceptors (Lipinski definition) is 5. The van der Waals surface area contributed by atoms with Crippen molar-refractivity contribution in [3.05, 3.63) is 68.5 Å². The highest BCUT2D eigenvalue weighted by Gasteiger charge is 2.44. The van der Waals surface area contributed by atoms with Crippen LogP contribution in [0.3, 0.4) is 0 Å². The first kappa shape index (κ1) is 21.8. The second kappa shape index (κ2) is 7.23. The maximum Gasteiger partial charge on any atom is 0.362 e. The number of hydrogen-bond donors (Lipinski definition) is 2. The molecule has 4 aromatic rings. The van der Waals surface area contributed by atoms with Crippen LogP contribution in [0.5, 0.6) is 0 Å². The molecule has 1 saturated carbocycles. The molecule has 2 aromatic carbocycles. The molecule has 172 valence electrons. The van der Waals surface area contributed by atoms with E-state index in [1.165, 1.54) is 24.6 Å². The van der Waals surface area contributed by atoms with Crippen LogP contribution in [0.2, 0.25) is 5.02 Å². The van der Waals surface area contributed by atoms with E-state index in [9.17, 15) is 23.2 Å². The monoisotopic (exact) mass is 487 g/mol. The molecule has 1 unspecified atom stereocenters. The van der Waals surface area contributed by atoms with Gasteiger partial charge in [-0.1, -0.05) is 36.2 Å². The topological polar surface area (TPSA) is 114 Å². The second-order valence-corrected chi connectivity index (χ2v) is 11.6. The zero-order valence-electron chi connectivity index (χ0n) is 18.0. The molecule has 8 nitrogen and oxygen atoms in total. The molecule has 1 aliphatic rings. The lowest BCUT2D eigenvalue weighted by molar-refractivity contribution is 0.162. The Hall–Kier alpha value is -3.04. The lowest BCUT2D eigenvalue weighted by Crippen LogP contribution is -2.33. The first-order chi connectivity index (χ1) is 15.5. The Labute approximate surface area is 193 Å². The predicted octanol–water partition coefficient (Wildman–Crippen LogP) is 3.80. The maximum atomic E-state index is 13.6. The zero-order chi connectivity index (χ0) is 23.7. The van der Waals surface area contributed by atoms with Crippen molar-refractivity contribution in [3.63, 3.8) is 0 Å². The fourth-order valence-corrected chi connectivity index (χ4v) is 6.17. The minimum absolute atomic E-state index is 0.0272. The highest BCUT2D eigenvalue weighted by Crippen LogP contribution is 2.53. The van der Waals surface area contributed by atoms with Gasteiger partial charge in [-0.15, -0.1) is 0 Å². The van der Waals surface area contributed by atoms with Crippen molar-refractivity contribution in [3.8, 4) is 0 Å². The molecule has 2 aromatic heterocycles. The third-order valence-electron chi connectivity index (χ3n) is 6.73. The van der Waals surface area contributed by atoms with E-state index in [0.29, 0.717) is 11.3 Å². The van der Waals surface area contributed by atoms with Gasteiger partial charge in [-0.3, -0.25) is 4.79 Å². The second-order valence-electron chi connectivity index (χ2n) is 9.25. The van der Waals surface area contributed by atoms with Crippen LogP contribution in [-0.2, 0) is 16.4 Å². The average molecular weight is 488 g/mol. The molecular weight excluding hydrogens is 466 g/mol. The summed E-state index contributed by atoms with van der Waals surface area (Å²) in [6, 6.07) is 9.29. The van der Waals surface area contributed by atoms with E-state index in [0.717, 1.165) is 23.9 Å². The van der Waals surface area contributed by atoms with Gasteiger partial charge >= 0.3 is 5.69 Å². The molecule has 1 aliphatic carbocycles. The molecule has 2 heterocycles. The summed E-state index contributed by atoms with van der Waals surface area (Å²) >= 11 is 6.08. The number of sulfone groups is 1. The molecule has 1 fully saturated rings. The maximum absolute atomic E-state index is 13.6. The van der Waals surface area contributed by atoms with E-state index in [-0.39, 0.29) is 30.4 Å². The number of aryl methyl sites for hydroxylation is 1. The minimum Gasteiger partial charge on any atom is -0.421 e. The number of fused-ring (bicyclic) bond motifs is 2. The van der Waals surface area contributed by atoms with Gasteiger partial charge in [-0.2, -0.15) is 0 Å². The van der Waals surface area contributed by atoms with Crippen LogP contribution < -0.4 is 11.2 Å². The SMILES string of the molecule is CC1(C)CC1CCn1ccc2ccc(S(=O)(=O)c3ccc(Cl)c4c(=O)n(O)c(=O)[nH]c34)cc21. The van der Waals surface area contributed by atoms with E-state index >= 15 is 0 Å². The van der Waals surface area contributed by atoms with E-state index in [2.05, 4.69) is 23.4 Å². The van der Waals surface area contributed by atoms with Crippen LogP contribution in [0.4, 0.5) is 0 Å². The van der Waals surface area contributed by atoms with Gasteiger partial charge in [-0.05, 0) is 59.9 Å². The number of rotatable bonds is 5. The quantitative estimate of drug-likeness (QED) is 0.415. The standard InChI is InChI=1S/C23H22ClN3O5S/c1-23(2)12-14(23)8-10-26-9-7-13-3-4-15(11-17(13)26)33(31,32)18-6-5-16(24)19-20(18)25-22(29)27(30)21(19)28/h3-7,9,11,14,30H,8,10,12H2,1-2H3,(H,25,29). The van der Waals surface area contributed by atoms with Crippen molar-refractivity contribution in [2.45, 2.75) is 43.0 Å². The van der Waals surface area contributed by atoms with Gasteiger partial charge in [0, 0.05) is 18.3 Å². The van der Waals surface area contributed by atoms with Gasteiger partial charge in [0.2, 0.25) is 9.84 Å².